The quantitative estimate of drug-likeness (QED) is 0.786. The molecule has 1 saturated heterocycles. The number of hydrogen-bond acceptors (Lipinski definition) is 2. The Balaban J connectivity index is 1.54. The van der Waals surface area contributed by atoms with E-state index in [1.54, 1.807) is 26.0 Å². The van der Waals surface area contributed by atoms with Crippen molar-refractivity contribution in [2.24, 2.45) is 5.92 Å². The second-order valence-corrected chi connectivity index (χ2v) is 9.38. The summed E-state index contributed by atoms with van der Waals surface area (Å²) in [6.45, 7) is 8.32. The molecule has 3 rings (SSSR count). The highest BCUT2D eigenvalue weighted by molar-refractivity contribution is 6.30. The Morgan fingerprint density at radius 3 is 2.37 bits per heavy atom. The van der Waals surface area contributed by atoms with Gasteiger partial charge in [-0.15, -0.1) is 0 Å². The van der Waals surface area contributed by atoms with Crippen molar-refractivity contribution in [2.75, 3.05) is 13.1 Å². The van der Waals surface area contributed by atoms with Crippen LogP contribution in [0.25, 0.3) is 0 Å². The maximum Gasteiger partial charge on any atom is 0.230 e. The standard InChI is InChI=1S/C22H32ClFN2O/c1-15-10-12-26(13-11-15)18-7-5-17(6-8-18)25-21(27)22(2,3)19-9-4-16(23)14-20(19)24/h4,9,14-15,17-18H,5-8,10-13H2,1-3H3,(H,25,27). The largest absolute Gasteiger partial charge is 0.353 e. The van der Waals surface area contributed by atoms with Crippen molar-refractivity contribution in [3.8, 4) is 0 Å². The van der Waals surface area contributed by atoms with Gasteiger partial charge in [0, 0.05) is 22.7 Å². The van der Waals surface area contributed by atoms with Crippen LogP contribution in [-0.2, 0) is 10.2 Å². The smallest absolute Gasteiger partial charge is 0.230 e. The summed E-state index contributed by atoms with van der Waals surface area (Å²) in [4.78, 5) is 15.5. The van der Waals surface area contributed by atoms with Crippen molar-refractivity contribution in [3.05, 3.63) is 34.6 Å². The summed E-state index contributed by atoms with van der Waals surface area (Å²) < 4.78 is 14.3. The molecule has 1 heterocycles. The Kier molecular flexibility index (Phi) is 6.47. The molecule has 150 valence electrons. The van der Waals surface area contributed by atoms with Gasteiger partial charge in [-0.05, 0) is 83.5 Å². The van der Waals surface area contributed by atoms with E-state index in [4.69, 9.17) is 11.6 Å². The molecule has 0 radical (unpaired) electrons. The highest BCUT2D eigenvalue weighted by atomic mass is 35.5. The number of nitrogens with one attached hydrogen (secondary N) is 1. The van der Waals surface area contributed by atoms with Gasteiger partial charge in [-0.2, -0.15) is 0 Å². The lowest BCUT2D eigenvalue weighted by molar-refractivity contribution is -0.126. The van der Waals surface area contributed by atoms with Crippen molar-refractivity contribution in [2.45, 2.75) is 76.8 Å². The summed E-state index contributed by atoms with van der Waals surface area (Å²) in [7, 11) is 0. The molecule has 1 saturated carbocycles. The lowest BCUT2D eigenvalue weighted by Crippen LogP contribution is -2.49. The summed E-state index contributed by atoms with van der Waals surface area (Å²) in [6, 6.07) is 5.38. The number of amides is 1. The summed E-state index contributed by atoms with van der Waals surface area (Å²) in [5.74, 6) is 0.317. The maximum atomic E-state index is 14.3. The van der Waals surface area contributed by atoms with Gasteiger partial charge in [-0.3, -0.25) is 4.79 Å². The van der Waals surface area contributed by atoms with E-state index in [1.165, 1.54) is 32.0 Å². The second-order valence-electron chi connectivity index (χ2n) is 8.95. The van der Waals surface area contributed by atoms with Crippen molar-refractivity contribution >= 4 is 17.5 Å². The van der Waals surface area contributed by atoms with Crippen LogP contribution in [-0.4, -0.2) is 36.0 Å². The van der Waals surface area contributed by atoms with Crippen LogP contribution in [0, 0.1) is 11.7 Å². The van der Waals surface area contributed by atoms with Gasteiger partial charge in [0.05, 0.1) is 5.41 Å². The number of nitrogens with zero attached hydrogens (tertiary/aromatic N) is 1. The van der Waals surface area contributed by atoms with Crippen LogP contribution >= 0.6 is 11.6 Å². The SMILES string of the molecule is CC1CCN(C2CCC(NC(=O)C(C)(C)c3ccc(Cl)cc3F)CC2)CC1. The number of likely N-dealkylation sites (tertiary alicyclic amines) is 1. The Morgan fingerprint density at radius 1 is 1.15 bits per heavy atom. The van der Waals surface area contributed by atoms with Crippen LogP contribution in [0.5, 0.6) is 0 Å². The predicted octanol–water partition coefficient (Wildman–Crippen LogP) is 4.92. The number of halogens is 2. The van der Waals surface area contributed by atoms with Crippen molar-refractivity contribution in [1.29, 1.82) is 0 Å². The first-order valence-electron chi connectivity index (χ1n) is 10.3. The number of benzene rings is 1. The third-order valence-electron chi connectivity index (χ3n) is 6.54. The zero-order valence-electron chi connectivity index (χ0n) is 16.7. The molecule has 1 N–H and O–H groups in total. The predicted molar refractivity (Wildman–Crippen MR) is 109 cm³/mol. The molecule has 2 fully saturated rings. The highest BCUT2D eigenvalue weighted by Crippen LogP contribution is 2.30. The monoisotopic (exact) mass is 394 g/mol. The van der Waals surface area contributed by atoms with Crippen LogP contribution in [0.2, 0.25) is 5.02 Å². The molecule has 0 aromatic heterocycles. The van der Waals surface area contributed by atoms with E-state index in [0.29, 0.717) is 16.6 Å². The molecular formula is C22H32ClFN2O. The minimum atomic E-state index is -0.922. The van der Waals surface area contributed by atoms with Gasteiger partial charge in [0.1, 0.15) is 5.82 Å². The van der Waals surface area contributed by atoms with Gasteiger partial charge >= 0.3 is 0 Å². The molecule has 1 aliphatic carbocycles. The lowest BCUT2D eigenvalue weighted by Gasteiger charge is -2.40. The van der Waals surface area contributed by atoms with E-state index < -0.39 is 11.2 Å². The fourth-order valence-electron chi connectivity index (χ4n) is 4.46. The van der Waals surface area contributed by atoms with E-state index in [-0.39, 0.29) is 11.9 Å². The summed E-state index contributed by atoms with van der Waals surface area (Å²) in [5, 5.41) is 3.52. The Labute approximate surface area is 167 Å². The number of hydrogen-bond donors (Lipinski definition) is 1. The van der Waals surface area contributed by atoms with Crippen molar-refractivity contribution in [1.82, 2.24) is 10.2 Å². The maximum absolute atomic E-state index is 14.3. The van der Waals surface area contributed by atoms with Crippen LogP contribution < -0.4 is 5.32 Å². The topological polar surface area (TPSA) is 32.3 Å². The molecule has 5 heteroatoms. The van der Waals surface area contributed by atoms with E-state index >= 15 is 0 Å². The molecule has 3 nitrogen and oxygen atoms in total. The molecule has 0 spiro atoms. The lowest BCUT2D eigenvalue weighted by atomic mass is 9.82. The number of carbonyl (C=O) groups excluding carboxylic acids is 1. The molecule has 2 aliphatic rings. The Morgan fingerprint density at radius 2 is 1.78 bits per heavy atom. The van der Waals surface area contributed by atoms with Crippen LogP contribution in [0.3, 0.4) is 0 Å². The first-order chi connectivity index (χ1) is 12.8. The van der Waals surface area contributed by atoms with Crippen LogP contribution in [0.1, 0.15) is 64.9 Å². The highest BCUT2D eigenvalue weighted by Gasteiger charge is 2.35. The molecule has 0 atom stereocenters. The van der Waals surface area contributed by atoms with Crippen LogP contribution in [0.4, 0.5) is 4.39 Å². The molecule has 1 aromatic rings. The van der Waals surface area contributed by atoms with Gasteiger partial charge in [-0.1, -0.05) is 24.6 Å². The molecule has 27 heavy (non-hydrogen) atoms. The van der Waals surface area contributed by atoms with E-state index in [1.807, 2.05) is 0 Å². The van der Waals surface area contributed by atoms with Gasteiger partial charge in [0.15, 0.2) is 0 Å². The van der Waals surface area contributed by atoms with Crippen LogP contribution in [0.15, 0.2) is 18.2 Å². The molecule has 0 unspecified atom stereocenters. The van der Waals surface area contributed by atoms with Gasteiger partial charge in [0.25, 0.3) is 0 Å². The van der Waals surface area contributed by atoms with E-state index in [0.717, 1.165) is 31.6 Å². The van der Waals surface area contributed by atoms with E-state index in [9.17, 15) is 9.18 Å². The van der Waals surface area contributed by atoms with Crippen molar-refractivity contribution < 1.29 is 9.18 Å². The number of piperidine rings is 1. The summed E-state index contributed by atoms with van der Waals surface area (Å²) in [6.07, 6.45) is 6.88. The second kappa shape index (κ2) is 8.48. The minimum Gasteiger partial charge on any atom is -0.353 e. The van der Waals surface area contributed by atoms with Gasteiger partial charge < -0.3 is 10.2 Å². The third kappa shape index (κ3) is 4.83. The minimum absolute atomic E-state index is 0.112. The van der Waals surface area contributed by atoms with Gasteiger partial charge in [-0.25, -0.2) is 4.39 Å². The zero-order chi connectivity index (χ0) is 19.6. The fraction of sp³-hybridized carbons (Fsp3) is 0.682. The molecule has 1 aromatic carbocycles. The third-order valence-corrected chi connectivity index (χ3v) is 6.77. The molecular weight excluding hydrogens is 363 g/mol. The average molecular weight is 395 g/mol. The fourth-order valence-corrected chi connectivity index (χ4v) is 4.62. The zero-order valence-corrected chi connectivity index (χ0v) is 17.5. The first kappa shape index (κ1) is 20.6. The molecule has 1 amide bonds. The molecule has 1 aliphatic heterocycles. The van der Waals surface area contributed by atoms with Gasteiger partial charge in [0.2, 0.25) is 5.91 Å². The molecule has 0 bridgehead atoms. The Hall–Kier alpha value is -1.13. The summed E-state index contributed by atoms with van der Waals surface area (Å²) >= 11 is 5.84. The average Bonchev–Trinajstić information content (AvgIpc) is 2.62. The number of rotatable bonds is 4. The van der Waals surface area contributed by atoms with E-state index in [2.05, 4.69) is 17.1 Å². The Bertz CT molecular complexity index is 662. The summed E-state index contributed by atoms with van der Waals surface area (Å²) in [5.41, 5.74) is -0.533. The number of carbonyl (C=O) groups is 1. The normalized spacial score (nSPS) is 25.4. The first-order valence-corrected chi connectivity index (χ1v) is 10.7. The van der Waals surface area contributed by atoms with Crippen molar-refractivity contribution in [3.63, 3.8) is 0 Å².